The van der Waals surface area contributed by atoms with Gasteiger partial charge >= 0.3 is 0 Å². The van der Waals surface area contributed by atoms with E-state index in [9.17, 15) is 14.7 Å². The Kier molecular flexibility index (Phi) is 3.76. The van der Waals surface area contributed by atoms with Crippen LogP contribution in [0.4, 0.5) is 0 Å². The number of rotatable bonds is 3. The van der Waals surface area contributed by atoms with Gasteiger partial charge in [0, 0.05) is 31.7 Å². The van der Waals surface area contributed by atoms with Crippen molar-refractivity contribution in [3.05, 3.63) is 28.2 Å². The second-order valence-electron chi connectivity index (χ2n) is 4.63. The molecule has 2 unspecified atom stereocenters. The second-order valence-corrected chi connectivity index (χ2v) is 4.63. The molecule has 1 fully saturated rings. The molecule has 1 saturated carbocycles. The molecule has 0 bridgehead atoms. The molecule has 2 rings (SSSR count). The highest BCUT2D eigenvalue weighted by molar-refractivity contribution is 5.92. The molecule has 0 aliphatic heterocycles. The molecular formula is C12H17N3O3. The number of hydrogen-bond donors (Lipinski definition) is 2. The molecule has 2 atom stereocenters. The van der Waals surface area contributed by atoms with Gasteiger partial charge in [-0.1, -0.05) is 6.42 Å². The zero-order chi connectivity index (χ0) is 13.1. The van der Waals surface area contributed by atoms with Gasteiger partial charge in [-0.2, -0.15) is 5.10 Å². The van der Waals surface area contributed by atoms with Crippen LogP contribution < -0.4 is 10.9 Å². The molecule has 1 heterocycles. The predicted molar refractivity (Wildman–Crippen MR) is 65.2 cm³/mol. The lowest BCUT2D eigenvalue weighted by molar-refractivity contribution is 0.0908. The lowest BCUT2D eigenvalue weighted by Crippen LogP contribution is -2.39. The SMILES string of the molecule is Cn1nc(C(=O)NC2CCCC2CO)ccc1=O. The summed E-state index contributed by atoms with van der Waals surface area (Å²) >= 11 is 0. The van der Waals surface area contributed by atoms with Crippen molar-refractivity contribution in [1.29, 1.82) is 0 Å². The second kappa shape index (κ2) is 5.30. The molecule has 0 spiro atoms. The first-order chi connectivity index (χ1) is 8.61. The van der Waals surface area contributed by atoms with Crippen LogP contribution in [0.15, 0.2) is 16.9 Å². The van der Waals surface area contributed by atoms with E-state index < -0.39 is 0 Å². The Hall–Kier alpha value is -1.69. The van der Waals surface area contributed by atoms with Crippen molar-refractivity contribution in [3.8, 4) is 0 Å². The number of aromatic nitrogens is 2. The number of nitrogens with zero attached hydrogens (tertiary/aromatic N) is 2. The quantitative estimate of drug-likeness (QED) is 0.770. The fourth-order valence-electron chi connectivity index (χ4n) is 2.31. The van der Waals surface area contributed by atoms with Gasteiger partial charge in [0.25, 0.3) is 11.5 Å². The Balaban J connectivity index is 2.07. The Morgan fingerprint density at radius 3 is 3.00 bits per heavy atom. The fourth-order valence-corrected chi connectivity index (χ4v) is 2.31. The summed E-state index contributed by atoms with van der Waals surface area (Å²) in [5.74, 6) is -0.169. The topological polar surface area (TPSA) is 84.2 Å². The van der Waals surface area contributed by atoms with Gasteiger partial charge in [0.05, 0.1) is 0 Å². The zero-order valence-corrected chi connectivity index (χ0v) is 10.3. The average molecular weight is 251 g/mol. The molecule has 1 aliphatic carbocycles. The standard InChI is InChI=1S/C12H17N3O3/c1-15-11(17)6-5-10(14-15)12(18)13-9-4-2-3-8(9)7-16/h5-6,8-9,16H,2-4,7H2,1H3,(H,13,18). The van der Waals surface area contributed by atoms with Gasteiger partial charge in [-0.05, 0) is 18.9 Å². The van der Waals surface area contributed by atoms with E-state index >= 15 is 0 Å². The van der Waals surface area contributed by atoms with Gasteiger partial charge in [0.15, 0.2) is 0 Å². The molecule has 1 amide bonds. The van der Waals surface area contributed by atoms with Crippen molar-refractivity contribution in [2.24, 2.45) is 13.0 Å². The van der Waals surface area contributed by atoms with Crippen LogP contribution in [-0.4, -0.2) is 33.4 Å². The summed E-state index contributed by atoms with van der Waals surface area (Å²) in [5, 5.41) is 15.9. The summed E-state index contributed by atoms with van der Waals surface area (Å²) in [6.07, 6.45) is 2.82. The minimum Gasteiger partial charge on any atom is -0.396 e. The molecule has 6 heteroatoms. The van der Waals surface area contributed by atoms with Gasteiger partial charge in [-0.15, -0.1) is 0 Å². The molecule has 18 heavy (non-hydrogen) atoms. The van der Waals surface area contributed by atoms with Crippen molar-refractivity contribution in [2.45, 2.75) is 25.3 Å². The Labute approximate surface area is 105 Å². The first kappa shape index (κ1) is 12.8. The van der Waals surface area contributed by atoms with E-state index in [1.54, 1.807) is 0 Å². The minimum atomic E-state index is -0.295. The third-order valence-corrected chi connectivity index (χ3v) is 3.40. The average Bonchev–Trinajstić information content (AvgIpc) is 2.79. The van der Waals surface area contributed by atoms with E-state index in [0.717, 1.165) is 23.9 Å². The van der Waals surface area contributed by atoms with Gasteiger partial charge in [0.2, 0.25) is 0 Å². The van der Waals surface area contributed by atoms with Crippen molar-refractivity contribution >= 4 is 5.91 Å². The zero-order valence-electron chi connectivity index (χ0n) is 10.3. The van der Waals surface area contributed by atoms with Crippen LogP contribution in [0, 0.1) is 5.92 Å². The van der Waals surface area contributed by atoms with Crippen LogP contribution >= 0.6 is 0 Å². The summed E-state index contributed by atoms with van der Waals surface area (Å²) in [4.78, 5) is 23.1. The molecule has 98 valence electrons. The summed E-state index contributed by atoms with van der Waals surface area (Å²) in [6, 6.07) is 2.74. The number of aliphatic hydroxyl groups is 1. The first-order valence-corrected chi connectivity index (χ1v) is 6.08. The molecule has 6 nitrogen and oxygen atoms in total. The fraction of sp³-hybridized carbons (Fsp3) is 0.583. The van der Waals surface area contributed by atoms with Crippen LogP contribution in [0.3, 0.4) is 0 Å². The number of amides is 1. The highest BCUT2D eigenvalue weighted by atomic mass is 16.3. The Morgan fingerprint density at radius 2 is 2.33 bits per heavy atom. The maximum Gasteiger partial charge on any atom is 0.271 e. The van der Waals surface area contributed by atoms with E-state index in [1.165, 1.54) is 19.2 Å². The largest absolute Gasteiger partial charge is 0.396 e. The maximum atomic E-state index is 12.0. The number of carbonyl (C=O) groups excluding carboxylic acids is 1. The molecule has 0 aromatic carbocycles. The van der Waals surface area contributed by atoms with E-state index in [0.29, 0.717) is 0 Å². The monoisotopic (exact) mass is 251 g/mol. The van der Waals surface area contributed by atoms with E-state index in [2.05, 4.69) is 10.4 Å². The molecule has 0 radical (unpaired) electrons. The first-order valence-electron chi connectivity index (χ1n) is 6.08. The van der Waals surface area contributed by atoms with Gasteiger partial charge in [-0.3, -0.25) is 9.59 Å². The predicted octanol–water partition coefficient (Wildman–Crippen LogP) is -0.329. The molecule has 0 saturated heterocycles. The summed E-state index contributed by atoms with van der Waals surface area (Å²) in [6.45, 7) is 0.0889. The van der Waals surface area contributed by atoms with E-state index in [-0.39, 0.29) is 35.7 Å². The van der Waals surface area contributed by atoms with Gasteiger partial charge in [-0.25, -0.2) is 4.68 Å². The maximum absolute atomic E-state index is 12.0. The third kappa shape index (κ3) is 2.59. The molecule has 2 N–H and O–H groups in total. The Bertz CT molecular complexity index is 498. The van der Waals surface area contributed by atoms with Crippen molar-refractivity contribution < 1.29 is 9.90 Å². The number of aliphatic hydroxyl groups excluding tert-OH is 1. The third-order valence-electron chi connectivity index (χ3n) is 3.40. The smallest absolute Gasteiger partial charge is 0.271 e. The highest BCUT2D eigenvalue weighted by Crippen LogP contribution is 2.25. The van der Waals surface area contributed by atoms with E-state index in [1.807, 2.05) is 0 Å². The molecular weight excluding hydrogens is 234 g/mol. The molecule has 1 aromatic heterocycles. The number of nitrogens with one attached hydrogen (secondary N) is 1. The minimum absolute atomic E-state index is 0.00142. The van der Waals surface area contributed by atoms with E-state index in [4.69, 9.17) is 0 Å². The normalized spacial score (nSPS) is 23.0. The number of carbonyl (C=O) groups is 1. The highest BCUT2D eigenvalue weighted by Gasteiger charge is 2.28. The molecule has 1 aliphatic rings. The van der Waals surface area contributed by atoms with Crippen LogP contribution in [0.5, 0.6) is 0 Å². The summed E-state index contributed by atoms with van der Waals surface area (Å²) in [5.41, 5.74) is -0.0265. The lowest BCUT2D eigenvalue weighted by atomic mass is 10.1. The molecule has 1 aromatic rings. The lowest BCUT2D eigenvalue weighted by Gasteiger charge is -2.18. The van der Waals surface area contributed by atoms with Gasteiger partial charge < -0.3 is 10.4 Å². The van der Waals surface area contributed by atoms with Crippen molar-refractivity contribution in [1.82, 2.24) is 15.1 Å². The van der Waals surface area contributed by atoms with Crippen LogP contribution in [-0.2, 0) is 7.05 Å². The van der Waals surface area contributed by atoms with Crippen molar-refractivity contribution in [3.63, 3.8) is 0 Å². The van der Waals surface area contributed by atoms with Crippen LogP contribution in [0.25, 0.3) is 0 Å². The Morgan fingerprint density at radius 1 is 1.56 bits per heavy atom. The van der Waals surface area contributed by atoms with Crippen LogP contribution in [0.1, 0.15) is 29.8 Å². The van der Waals surface area contributed by atoms with Crippen LogP contribution in [0.2, 0.25) is 0 Å². The summed E-state index contributed by atoms with van der Waals surface area (Å²) < 4.78 is 1.13. The number of aryl methyl sites for hydroxylation is 1. The summed E-state index contributed by atoms with van der Waals surface area (Å²) in [7, 11) is 1.51. The van der Waals surface area contributed by atoms with Crippen molar-refractivity contribution in [2.75, 3.05) is 6.61 Å². The van der Waals surface area contributed by atoms with Gasteiger partial charge in [0.1, 0.15) is 5.69 Å². The number of hydrogen-bond acceptors (Lipinski definition) is 4.